The SMILES string of the molecule is C[C@H](Oc1ccc(Cl)cc1Cl)C(=O)Nc1cc(Cl)c2nc(NN)sc2c1. The highest BCUT2D eigenvalue weighted by Crippen LogP contribution is 2.34. The van der Waals surface area contributed by atoms with Gasteiger partial charge in [0.2, 0.25) is 0 Å². The fourth-order valence-corrected chi connectivity index (χ4v) is 3.79. The highest BCUT2D eigenvalue weighted by molar-refractivity contribution is 7.22. The third-order valence-corrected chi connectivity index (χ3v) is 5.16. The van der Waals surface area contributed by atoms with Crippen molar-refractivity contribution >= 4 is 73.1 Å². The third-order valence-electron chi connectivity index (χ3n) is 3.41. The van der Waals surface area contributed by atoms with Crippen LogP contribution in [0.3, 0.4) is 0 Å². The van der Waals surface area contributed by atoms with Crippen molar-refractivity contribution in [3.05, 3.63) is 45.4 Å². The van der Waals surface area contributed by atoms with E-state index in [1.54, 1.807) is 37.3 Å². The number of carbonyl (C=O) groups excluding carboxylic acids is 1. The van der Waals surface area contributed by atoms with Crippen LogP contribution in [-0.4, -0.2) is 17.0 Å². The lowest BCUT2D eigenvalue weighted by atomic mass is 10.2. The Morgan fingerprint density at radius 1 is 1.23 bits per heavy atom. The number of nitrogens with zero attached hydrogens (tertiary/aromatic N) is 1. The first-order valence-corrected chi connectivity index (χ1v) is 9.31. The van der Waals surface area contributed by atoms with Crippen LogP contribution < -0.4 is 21.3 Å². The summed E-state index contributed by atoms with van der Waals surface area (Å²) in [5.41, 5.74) is 3.61. The molecule has 136 valence electrons. The summed E-state index contributed by atoms with van der Waals surface area (Å²) < 4.78 is 6.39. The minimum Gasteiger partial charge on any atom is -0.479 e. The lowest BCUT2D eigenvalue weighted by molar-refractivity contribution is -0.122. The number of fused-ring (bicyclic) bond motifs is 1. The molecule has 4 N–H and O–H groups in total. The van der Waals surface area contributed by atoms with Crippen LogP contribution in [0.1, 0.15) is 6.92 Å². The molecule has 1 aromatic heterocycles. The molecule has 0 aliphatic carbocycles. The number of carbonyl (C=O) groups is 1. The van der Waals surface area contributed by atoms with Gasteiger partial charge in [-0.25, -0.2) is 10.8 Å². The molecule has 26 heavy (non-hydrogen) atoms. The minimum absolute atomic E-state index is 0.327. The lowest BCUT2D eigenvalue weighted by Crippen LogP contribution is -2.30. The molecule has 0 unspecified atom stereocenters. The number of hydrogen-bond donors (Lipinski definition) is 3. The van der Waals surface area contributed by atoms with Gasteiger partial charge in [0.05, 0.1) is 14.7 Å². The first-order chi connectivity index (χ1) is 12.4. The Kier molecular flexibility index (Phi) is 5.74. The molecule has 0 bridgehead atoms. The molecule has 1 amide bonds. The van der Waals surface area contributed by atoms with E-state index in [1.165, 1.54) is 11.3 Å². The number of halogens is 3. The Morgan fingerprint density at radius 3 is 2.69 bits per heavy atom. The van der Waals surface area contributed by atoms with Crippen LogP contribution in [0, 0.1) is 0 Å². The number of rotatable bonds is 5. The van der Waals surface area contributed by atoms with Gasteiger partial charge in [-0.1, -0.05) is 46.1 Å². The first kappa shape index (κ1) is 19.0. The van der Waals surface area contributed by atoms with Crippen molar-refractivity contribution in [2.45, 2.75) is 13.0 Å². The molecule has 6 nitrogen and oxygen atoms in total. The van der Waals surface area contributed by atoms with Crippen LogP contribution in [0.5, 0.6) is 5.75 Å². The van der Waals surface area contributed by atoms with Gasteiger partial charge in [-0.3, -0.25) is 10.2 Å². The fourth-order valence-electron chi connectivity index (χ4n) is 2.18. The standard InChI is InChI=1S/C16H13Cl3N4O2S/c1-7(25-12-3-2-8(17)4-10(12)18)15(24)21-9-5-11(19)14-13(6-9)26-16(22-14)23-20/h2-7H,20H2,1H3,(H,21,24)(H,22,23)/t7-/m0/s1. The molecule has 0 saturated carbocycles. The van der Waals surface area contributed by atoms with E-state index in [1.807, 2.05) is 0 Å². The quantitative estimate of drug-likeness (QED) is 0.393. The van der Waals surface area contributed by atoms with Crippen LogP contribution in [-0.2, 0) is 4.79 Å². The summed E-state index contributed by atoms with van der Waals surface area (Å²) in [5.74, 6) is 5.38. The van der Waals surface area contributed by atoms with Crippen molar-refractivity contribution in [3.63, 3.8) is 0 Å². The van der Waals surface area contributed by atoms with E-state index in [2.05, 4.69) is 15.7 Å². The number of aromatic nitrogens is 1. The van der Waals surface area contributed by atoms with E-state index >= 15 is 0 Å². The molecular formula is C16H13Cl3N4O2S. The molecule has 0 aliphatic heterocycles. The number of nitrogen functional groups attached to an aromatic ring is 1. The van der Waals surface area contributed by atoms with Crippen LogP contribution in [0.25, 0.3) is 10.2 Å². The number of nitrogens with one attached hydrogen (secondary N) is 2. The minimum atomic E-state index is -0.786. The topological polar surface area (TPSA) is 89.3 Å². The summed E-state index contributed by atoms with van der Waals surface area (Å²) in [6.45, 7) is 1.61. The second-order valence-corrected chi connectivity index (χ2v) is 7.57. The molecule has 10 heteroatoms. The van der Waals surface area contributed by atoms with Crippen LogP contribution in [0.4, 0.5) is 10.8 Å². The highest BCUT2D eigenvalue weighted by atomic mass is 35.5. The zero-order valence-electron chi connectivity index (χ0n) is 13.3. The second kappa shape index (κ2) is 7.85. The first-order valence-electron chi connectivity index (χ1n) is 7.36. The maximum Gasteiger partial charge on any atom is 0.265 e. The van der Waals surface area contributed by atoms with E-state index in [0.717, 1.165) is 4.70 Å². The number of ether oxygens (including phenoxy) is 1. The van der Waals surface area contributed by atoms with Gasteiger partial charge in [0.15, 0.2) is 11.2 Å². The number of thiazole rings is 1. The van der Waals surface area contributed by atoms with E-state index in [0.29, 0.717) is 37.2 Å². The lowest BCUT2D eigenvalue weighted by Gasteiger charge is -2.16. The summed E-state index contributed by atoms with van der Waals surface area (Å²) in [4.78, 5) is 16.7. The maximum absolute atomic E-state index is 12.4. The van der Waals surface area contributed by atoms with Crippen molar-refractivity contribution in [1.29, 1.82) is 0 Å². The largest absolute Gasteiger partial charge is 0.479 e. The number of hydrogen-bond acceptors (Lipinski definition) is 6. The molecule has 3 aromatic rings. The van der Waals surface area contributed by atoms with Crippen LogP contribution >= 0.6 is 46.1 Å². The normalized spacial score (nSPS) is 12.0. The molecule has 0 saturated heterocycles. The zero-order chi connectivity index (χ0) is 18.8. The van der Waals surface area contributed by atoms with E-state index < -0.39 is 6.10 Å². The number of nitrogens with two attached hydrogens (primary N) is 1. The van der Waals surface area contributed by atoms with Gasteiger partial charge in [-0.15, -0.1) is 0 Å². The fraction of sp³-hybridized carbons (Fsp3) is 0.125. The Balaban J connectivity index is 1.75. The third kappa shape index (κ3) is 4.13. The van der Waals surface area contributed by atoms with Crippen molar-refractivity contribution in [1.82, 2.24) is 4.98 Å². The molecule has 0 aliphatic rings. The second-order valence-electron chi connectivity index (χ2n) is 5.29. The van der Waals surface area contributed by atoms with Crippen molar-refractivity contribution < 1.29 is 9.53 Å². The van der Waals surface area contributed by atoms with Gasteiger partial charge in [-0.2, -0.15) is 0 Å². The number of amides is 1. The predicted octanol–water partition coefficient (Wildman–Crippen LogP) is 4.95. The molecule has 3 rings (SSSR count). The molecule has 1 atom stereocenters. The zero-order valence-corrected chi connectivity index (χ0v) is 16.4. The van der Waals surface area contributed by atoms with E-state index in [4.69, 9.17) is 45.4 Å². The smallest absolute Gasteiger partial charge is 0.265 e. The van der Waals surface area contributed by atoms with Crippen molar-refractivity contribution in [3.8, 4) is 5.75 Å². The van der Waals surface area contributed by atoms with E-state index in [9.17, 15) is 4.79 Å². The molecule has 1 heterocycles. The molecule has 0 fully saturated rings. The molecule has 2 aromatic carbocycles. The van der Waals surface area contributed by atoms with Crippen molar-refractivity contribution in [2.75, 3.05) is 10.7 Å². The summed E-state index contributed by atoms with van der Waals surface area (Å²) >= 11 is 19.5. The van der Waals surface area contributed by atoms with Crippen LogP contribution in [0.2, 0.25) is 15.1 Å². The number of anilines is 2. The molecule has 0 spiro atoms. The summed E-state index contributed by atoms with van der Waals surface area (Å²) in [7, 11) is 0. The van der Waals surface area contributed by atoms with Crippen molar-refractivity contribution in [2.24, 2.45) is 5.84 Å². The van der Waals surface area contributed by atoms with Crippen LogP contribution in [0.15, 0.2) is 30.3 Å². The Bertz CT molecular complexity index is 980. The Morgan fingerprint density at radius 2 is 2.00 bits per heavy atom. The number of hydrazine groups is 1. The average Bonchev–Trinajstić information content (AvgIpc) is 3.01. The Hall–Kier alpha value is -1.77. The van der Waals surface area contributed by atoms with Gasteiger partial charge in [0, 0.05) is 10.7 Å². The van der Waals surface area contributed by atoms with Gasteiger partial charge in [0.25, 0.3) is 5.91 Å². The summed E-state index contributed by atoms with van der Waals surface area (Å²) in [6, 6.07) is 8.16. The number of benzene rings is 2. The molecular weight excluding hydrogens is 419 g/mol. The molecule has 0 radical (unpaired) electrons. The van der Waals surface area contributed by atoms with Gasteiger partial charge in [0.1, 0.15) is 11.3 Å². The average molecular weight is 432 g/mol. The van der Waals surface area contributed by atoms with Gasteiger partial charge in [-0.05, 0) is 37.3 Å². The Labute approximate surface area is 168 Å². The van der Waals surface area contributed by atoms with E-state index in [-0.39, 0.29) is 5.91 Å². The van der Waals surface area contributed by atoms with Gasteiger partial charge < -0.3 is 10.1 Å². The summed E-state index contributed by atoms with van der Waals surface area (Å²) in [6.07, 6.45) is -0.786. The summed E-state index contributed by atoms with van der Waals surface area (Å²) in [5, 5.41) is 4.51. The predicted molar refractivity (Wildman–Crippen MR) is 108 cm³/mol. The maximum atomic E-state index is 12.4. The highest BCUT2D eigenvalue weighted by Gasteiger charge is 2.18. The monoisotopic (exact) mass is 430 g/mol. The van der Waals surface area contributed by atoms with Gasteiger partial charge >= 0.3 is 0 Å².